The zero-order valence-electron chi connectivity index (χ0n) is 8.03. The van der Waals surface area contributed by atoms with Crippen LogP contribution < -0.4 is 0 Å². The summed E-state index contributed by atoms with van der Waals surface area (Å²) in [6, 6.07) is 0. The predicted octanol–water partition coefficient (Wildman–Crippen LogP) is 2.70. The molecule has 0 N–H and O–H groups in total. The first kappa shape index (κ1) is 11.0. The molecule has 0 radical (unpaired) electrons. The van der Waals surface area contributed by atoms with Gasteiger partial charge in [0.25, 0.3) is 0 Å². The number of rotatable bonds is 2. The summed E-state index contributed by atoms with van der Waals surface area (Å²) in [5, 5.41) is 0. The Balaban J connectivity index is 2.34. The lowest BCUT2D eigenvalue weighted by Crippen LogP contribution is -2.34. The molecular weight excluding hydrogens is 208 g/mol. The molecule has 1 aliphatic rings. The molecule has 76 valence electrons. The van der Waals surface area contributed by atoms with E-state index in [-0.39, 0.29) is 11.7 Å². The van der Waals surface area contributed by atoms with Crippen LogP contribution in [-0.4, -0.2) is 29.4 Å². The van der Waals surface area contributed by atoms with Gasteiger partial charge < -0.3 is 9.47 Å². The van der Waals surface area contributed by atoms with Crippen molar-refractivity contribution in [2.75, 3.05) is 11.5 Å². The van der Waals surface area contributed by atoms with Gasteiger partial charge in [-0.2, -0.15) is 0 Å². The standard InChI is InChI=1S/C8H14O3S2/c1-6(2)10-7(9)11-8(3)4-12-13-5-8/h6H,4-5H2,1-3H3. The minimum Gasteiger partial charge on any atom is -0.432 e. The van der Waals surface area contributed by atoms with E-state index < -0.39 is 6.16 Å². The van der Waals surface area contributed by atoms with Crippen LogP contribution in [0.3, 0.4) is 0 Å². The fourth-order valence-electron chi connectivity index (χ4n) is 0.851. The van der Waals surface area contributed by atoms with Gasteiger partial charge in [0.2, 0.25) is 0 Å². The van der Waals surface area contributed by atoms with Crippen molar-refractivity contribution in [2.45, 2.75) is 32.5 Å². The van der Waals surface area contributed by atoms with E-state index in [0.717, 1.165) is 11.5 Å². The Morgan fingerprint density at radius 1 is 1.38 bits per heavy atom. The molecule has 1 rings (SSSR count). The number of hydrogen-bond donors (Lipinski definition) is 0. The van der Waals surface area contributed by atoms with Gasteiger partial charge in [-0.1, -0.05) is 21.6 Å². The van der Waals surface area contributed by atoms with Gasteiger partial charge in [-0.3, -0.25) is 0 Å². The van der Waals surface area contributed by atoms with Gasteiger partial charge in [-0.05, 0) is 20.8 Å². The first-order valence-electron chi connectivity index (χ1n) is 4.16. The van der Waals surface area contributed by atoms with Crippen molar-refractivity contribution in [1.29, 1.82) is 0 Å². The molecule has 0 bridgehead atoms. The Bertz CT molecular complexity index is 188. The Morgan fingerprint density at radius 2 is 1.92 bits per heavy atom. The molecule has 0 aromatic carbocycles. The van der Waals surface area contributed by atoms with E-state index in [2.05, 4.69) is 0 Å². The van der Waals surface area contributed by atoms with Crippen LogP contribution in [0.15, 0.2) is 0 Å². The molecule has 0 atom stereocenters. The summed E-state index contributed by atoms with van der Waals surface area (Å²) in [5.74, 6) is 1.68. The number of ether oxygens (including phenoxy) is 2. The number of carbonyl (C=O) groups is 1. The second-order valence-electron chi connectivity index (χ2n) is 3.49. The highest BCUT2D eigenvalue weighted by molar-refractivity contribution is 8.77. The third-order valence-corrected chi connectivity index (χ3v) is 4.30. The van der Waals surface area contributed by atoms with Crippen LogP contribution in [0, 0.1) is 0 Å². The van der Waals surface area contributed by atoms with Gasteiger partial charge in [0, 0.05) is 11.5 Å². The maximum atomic E-state index is 11.2. The minimum atomic E-state index is -0.555. The quantitative estimate of drug-likeness (QED) is 0.530. The summed E-state index contributed by atoms with van der Waals surface area (Å²) in [5.41, 5.74) is -0.346. The molecule has 0 aromatic rings. The molecule has 3 nitrogen and oxygen atoms in total. The molecule has 13 heavy (non-hydrogen) atoms. The minimum absolute atomic E-state index is 0.113. The lowest BCUT2D eigenvalue weighted by molar-refractivity contribution is -0.0151. The molecule has 0 saturated carbocycles. The fourth-order valence-corrected chi connectivity index (χ4v) is 3.96. The van der Waals surface area contributed by atoms with Gasteiger partial charge in [0.1, 0.15) is 5.60 Å². The molecule has 0 spiro atoms. The van der Waals surface area contributed by atoms with Crippen LogP contribution >= 0.6 is 21.6 Å². The first-order valence-corrected chi connectivity index (χ1v) is 6.65. The summed E-state index contributed by atoms with van der Waals surface area (Å²) >= 11 is 0. The van der Waals surface area contributed by atoms with Crippen LogP contribution in [0.2, 0.25) is 0 Å². The Labute approximate surface area is 86.3 Å². The molecule has 1 saturated heterocycles. The SMILES string of the molecule is CC(C)OC(=O)OC1(C)CSSC1. The number of carbonyl (C=O) groups excluding carboxylic acids is 1. The molecule has 0 aliphatic carbocycles. The Morgan fingerprint density at radius 3 is 2.38 bits per heavy atom. The fraction of sp³-hybridized carbons (Fsp3) is 0.875. The third-order valence-electron chi connectivity index (χ3n) is 1.47. The zero-order valence-corrected chi connectivity index (χ0v) is 9.67. The van der Waals surface area contributed by atoms with Crippen LogP contribution in [0.1, 0.15) is 20.8 Å². The molecule has 0 aromatic heterocycles. The average Bonchev–Trinajstić information content (AvgIpc) is 2.33. The largest absolute Gasteiger partial charge is 0.509 e. The van der Waals surface area contributed by atoms with Crippen LogP contribution in [0.5, 0.6) is 0 Å². The second-order valence-corrected chi connectivity index (χ2v) is 5.96. The molecule has 1 fully saturated rings. The van der Waals surface area contributed by atoms with E-state index in [1.165, 1.54) is 0 Å². The van der Waals surface area contributed by atoms with E-state index in [0.29, 0.717) is 0 Å². The van der Waals surface area contributed by atoms with E-state index in [1.54, 1.807) is 21.6 Å². The van der Waals surface area contributed by atoms with Crippen LogP contribution in [0.25, 0.3) is 0 Å². The lowest BCUT2D eigenvalue weighted by atomic mass is 10.2. The summed E-state index contributed by atoms with van der Waals surface area (Å²) in [7, 11) is 3.45. The van der Waals surface area contributed by atoms with Crippen LogP contribution in [-0.2, 0) is 9.47 Å². The van der Waals surface area contributed by atoms with Gasteiger partial charge in [0.05, 0.1) is 6.10 Å². The first-order chi connectivity index (χ1) is 6.02. The molecule has 1 aliphatic heterocycles. The maximum absolute atomic E-state index is 11.2. The molecule has 0 unspecified atom stereocenters. The van der Waals surface area contributed by atoms with E-state index >= 15 is 0 Å². The van der Waals surface area contributed by atoms with Gasteiger partial charge in [-0.25, -0.2) is 4.79 Å². The predicted molar refractivity (Wildman–Crippen MR) is 56.0 cm³/mol. The Kier molecular flexibility index (Phi) is 3.79. The highest BCUT2D eigenvalue weighted by Gasteiger charge is 2.34. The van der Waals surface area contributed by atoms with E-state index in [4.69, 9.17) is 9.47 Å². The number of hydrogen-bond acceptors (Lipinski definition) is 5. The summed E-state index contributed by atoms with van der Waals surface area (Å²) < 4.78 is 10.1. The normalized spacial score (nSPS) is 20.3. The third kappa shape index (κ3) is 3.68. The maximum Gasteiger partial charge on any atom is 0.509 e. The Hall–Kier alpha value is -0.0300. The molecule has 1 heterocycles. The van der Waals surface area contributed by atoms with Crippen molar-refractivity contribution in [1.82, 2.24) is 0 Å². The van der Waals surface area contributed by atoms with Gasteiger partial charge in [-0.15, -0.1) is 0 Å². The molecule has 0 amide bonds. The monoisotopic (exact) mass is 222 g/mol. The van der Waals surface area contributed by atoms with Crippen molar-refractivity contribution in [3.63, 3.8) is 0 Å². The highest BCUT2D eigenvalue weighted by atomic mass is 33.1. The van der Waals surface area contributed by atoms with E-state index in [1.807, 2.05) is 20.8 Å². The zero-order chi connectivity index (χ0) is 9.90. The van der Waals surface area contributed by atoms with Gasteiger partial charge >= 0.3 is 6.16 Å². The topological polar surface area (TPSA) is 35.5 Å². The summed E-state index contributed by atoms with van der Waals surface area (Å²) in [6.07, 6.45) is -0.668. The average molecular weight is 222 g/mol. The lowest BCUT2D eigenvalue weighted by Gasteiger charge is -2.22. The smallest absolute Gasteiger partial charge is 0.432 e. The second kappa shape index (κ2) is 4.46. The molecule has 5 heteroatoms. The van der Waals surface area contributed by atoms with Crippen molar-refractivity contribution in [3.8, 4) is 0 Å². The molecular formula is C8H14O3S2. The van der Waals surface area contributed by atoms with Gasteiger partial charge in [0.15, 0.2) is 0 Å². The summed E-state index contributed by atoms with van der Waals surface area (Å²) in [4.78, 5) is 11.2. The summed E-state index contributed by atoms with van der Waals surface area (Å²) in [6.45, 7) is 5.55. The van der Waals surface area contributed by atoms with Crippen molar-refractivity contribution < 1.29 is 14.3 Å². The van der Waals surface area contributed by atoms with Crippen molar-refractivity contribution >= 4 is 27.7 Å². The van der Waals surface area contributed by atoms with Crippen LogP contribution in [0.4, 0.5) is 4.79 Å². The van der Waals surface area contributed by atoms with Crippen molar-refractivity contribution in [3.05, 3.63) is 0 Å². The van der Waals surface area contributed by atoms with E-state index in [9.17, 15) is 4.79 Å². The highest BCUT2D eigenvalue weighted by Crippen LogP contribution is 2.39. The van der Waals surface area contributed by atoms with Crippen molar-refractivity contribution in [2.24, 2.45) is 0 Å².